The average Bonchev–Trinajstić information content (AvgIpc) is 2.72. The van der Waals surface area contributed by atoms with Crippen molar-refractivity contribution in [1.82, 2.24) is 10.2 Å². The summed E-state index contributed by atoms with van der Waals surface area (Å²) in [5.74, 6) is -0.819. The number of anilines is 1. The lowest BCUT2D eigenvalue weighted by Crippen LogP contribution is -2.48. The molecule has 2 aliphatic rings. The Morgan fingerprint density at radius 2 is 2.05 bits per heavy atom. The van der Waals surface area contributed by atoms with E-state index in [1.807, 2.05) is 0 Å². The van der Waals surface area contributed by atoms with Crippen LogP contribution in [0.1, 0.15) is 33.6 Å². The van der Waals surface area contributed by atoms with Crippen molar-refractivity contribution >= 4 is 23.4 Å². The van der Waals surface area contributed by atoms with Crippen molar-refractivity contribution in [3.05, 3.63) is 41.6 Å². The Morgan fingerprint density at radius 1 is 1.29 bits per heavy atom. The molecule has 0 spiro atoms. The second kappa shape index (κ2) is 4.73. The third kappa shape index (κ3) is 1.91. The summed E-state index contributed by atoms with van der Waals surface area (Å²) in [6.45, 7) is 3.77. The molecule has 1 atom stereocenters. The topological polar surface area (TPSA) is 78.5 Å². The zero-order chi connectivity index (χ0) is 15.1. The molecular weight excluding hydrogens is 270 g/mol. The lowest BCUT2D eigenvalue weighted by atomic mass is 10.0. The number of carbonyl (C=O) groups is 3. The van der Waals surface area contributed by atoms with Crippen molar-refractivity contribution < 1.29 is 14.4 Å². The monoisotopic (exact) mass is 285 g/mol. The maximum absolute atomic E-state index is 12.6. The minimum absolute atomic E-state index is 0.135. The van der Waals surface area contributed by atoms with E-state index < -0.39 is 6.04 Å². The smallest absolute Gasteiger partial charge is 0.264 e. The number of nitrogens with one attached hydrogen (secondary N) is 2. The Kier molecular flexibility index (Phi) is 3.01. The van der Waals surface area contributed by atoms with E-state index >= 15 is 0 Å². The van der Waals surface area contributed by atoms with Gasteiger partial charge in [-0.15, -0.1) is 0 Å². The predicted molar refractivity (Wildman–Crippen MR) is 76.8 cm³/mol. The van der Waals surface area contributed by atoms with Gasteiger partial charge in [0, 0.05) is 24.9 Å². The first kappa shape index (κ1) is 13.4. The quantitative estimate of drug-likeness (QED) is 0.798. The summed E-state index contributed by atoms with van der Waals surface area (Å²) in [5.41, 5.74) is 1.79. The van der Waals surface area contributed by atoms with E-state index in [9.17, 15) is 14.4 Å². The van der Waals surface area contributed by atoms with E-state index in [1.54, 1.807) is 25.2 Å². The normalized spacial score (nSPS) is 21.4. The van der Waals surface area contributed by atoms with E-state index in [1.165, 1.54) is 4.90 Å². The third-order valence-electron chi connectivity index (χ3n) is 3.87. The van der Waals surface area contributed by atoms with E-state index in [4.69, 9.17) is 0 Å². The molecule has 2 aliphatic heterocycles. The summed E-state index contributed by atoms with van der Waals surface area (Å²) in [7, 11) is 1.70. The molecule has 0 saturated carbocycles. The van der Waals surface area contributed by atoms with Crippen molar-refractivity contribution in [3.63, 3.8) is 0 Å². The molecule has 1 unspecified atom stereocenters. The summed E-state index contributed by atoms with van der Waals surface area (Å²) in [4.78, 5) is 37.7. The van der Waals surface area contributed by atoms with Gasteiger partial charge in [0.25, 0.3) is 11.8 Å². The Balaban J connectivity index is 2.00. The molecule has 0 radical (unpaired) electrons. The van der Waals surface area contributed by atoms with Gasteiger partial charge in [-0.2, -0.15) is 0 Å². The molecular formula is C15H15N3O3. The van der Waals surface area contributed by atoms with Crippen molar-refractivity contribution in [2.24, 2.45) is 0 Å². The fraction of sp³-hybridized carbons (Fsp3) is 0.267. The first-order chi connectivity index (χ1) is 10.0. The molecule has 1 saturated heterocycles. The van der Waals surface area contributed by atoms with Gasteiger partial charge in [-0.1, -0.05) is 12.6 Å². The zero-order valence-electron chi connectivity index (χ0n) is 11.6. The third-order valence-corrected chi connectivity index (χ3v) is 3.87. The number of rotatable bonds is 2. The van der Waals surface area contributed by atoms with Gasteiger partial charge < -0.3 is 10.6 Å². The second-order valence-electron chi connectivity index (χ2n) is 5.09. The Bertz CT molecular complexity index is 681. The van der Waals surface area contributed by atoms with Gasteiger partial charge in [-0.3, -0.25) is 19.3 Å². The molecule has 21 heavy (non-hydrogen) atoms. The summed E-state index contributed by atoms with van der Waals surface area (Å²) < 4.78 is 0. The van der Waals surface area contributed by atoms with Crippen molar-refractivity contribution in [3.8, 4) is 0 Å². The van der Waals surface area contributed by atoms with Crippen LogP contribution in [-0.2, 0) is 4.79 Å². The second-order valence-corrected chi connectivity index (χ2v) is 5.09. The SMILES string of the molecule is C=C1NC(=O)CCC1N1C(=O)c2cccc(NC)c2C1=O. The summed E-state index contributed by atoms with van der Waals surface area (Å²) in [6.07, 6.45) is 0.682. The molecule has 108 valence electrons. The molecule has 0 bridgehead atoms. The Labute approximate surface area is 121 Å². The van der Waals surface area contributed by atoms with Gasteiger partial charge in [0.05, 0.1) is 17.2 Å². The first-order valence-electron chi connectivity index (χ1n) is 6.72. The number of imide groups is 1. The zero-order valence-corrected chi connectivity index (χ0v) is 11.6. The molecule has 3 rings (SSSR count). The van der Waals surface area contributed by atoms with Crippen LogP contribution in [0, 0.1) is 0 Å². The van der Waals surface area contributed by atoms with Crippen LogP contribution < -0.4 is 10.6 Å². The van der Waals surface area contributed by atoms with Gasteiger partial charge in [0.1, 0.15) is 0 Å². The summed E-state index contributed by atoms with van der Waals surface area (Å²) in [6, 6.07) is 4.64. The summed E-state index contributed by atoms with van der Waals surface area (Å²) in [5, 5.41) is 5.54. The van der Waals surface area contributed by atoms with Crippen LogP contribution in [0.4, 0.5) is 5.69 Å². The molecule has 2 N–H and O–H groups in total. The van der Waals surface area contributed by atoms with E-state index in [0.29, 0.717) is 28.9 Å². The highest BCUT2D eigenvalue weighted by atomic mass is 16.2. The Hall–Kier alpha value is -2.63. The highest BCUT2D eigenvalue weighted by molar-refractivity contribution is 6.24. The lowest BCUT2D eigenvalue weighted by molar-refractivity contribution is -0.121. The number of hydrogen-bond donors (Lipinski definition) is 2. The van der Waals surface area contributed by atoms with Gasteiger partial charge in [0.15, 0.2) is 0 Å². The van der Waals surface area contributed by atoms with Gasteiger partial charge >= 0.3 is 0 Å². The van der Waals surface area contributed by atoms with Gasteiger partial charge in [0.2, 0.25) is 5.91 Å². The van der Waals surface area contributed by atoms with Crippen LogP contribution in [0.25, 0.3) is 0 Å². The highest BCUT2D eigenvalue weighted by Gasteiger charge is 2.43. The fourth-order valence-electron chi connectivity index (χ4n) is 2.85. The number of hydrogen-bond acceptors (Lipinski definition) is 4. The van der Waals surface area contributed by atoms with Crippen LogP contribution in [0.15, 0.2) is 30.5 Å². The van der Waals surface area contributed by atoms with E-state index in [0.717, 1.165) is 0 Å². The largest absolute Gasteiger partial charge is 0.387 e. The van der Waals surface area contributed by atoms with Gasteiger partial charge in [-0.05, 0) is 18.6 Å². The first-order valence-corrected chi connectivity index (χ1v) is 6.72. The molecule has 1 aromatic carbocycles. The van der Waals surface area contributed by atoms with Gasteiger partial charge in [-0.25, -0.2) is 0 Å². The van der Waals surface area contributed by atoms with Crippen LogP contribution in [0.5, 0.6) is 0 Å². The maximum Gasteiger partial charge on any atom is 0.264 e. The predicted octanol–water partition coefficient (Wildman–Crippen LogP) is 1.12. The number of carbonyl (C=O) groups excluding carboxylic acids is 3. The molecule has 0 aliphatic carbocycles. The number of amides is 3. The summed E-state index contributed by atoms with van der Waals surface area (Å²) >= 11 is 0. The highest BCUT2D eigenvalue weighted by Crippen LogP contribution is 2.33. The number of benzene rings is 1. The molecule has 1 aromatic rings. The average molecular weight is 285 g/mol. The van der Waals surface area contributed by atoms with E-state index in [2.05, 4.69) is 17.2 Å². The number of fused-ring (bicyclic) bond motifs is 1. The standard InChI is InChI=1S/C15H15N3O3/c1-8-11(6-7-12(19)17-8)18-14(20)9-4-3-5-10(16-2)13(9)15(18)21/h3-5,11,16H,1,6-7H2,2H3,(H,17,19). The molecule has 3 amide bonds. The Morgan fingerprint density at radius 3 is 2.71 bits per heavy atom. The molecule has 0 aromatic heterocycles. The fourth-order valence-corrected chi connectivity index (χ4v) is 2.85. The van der Waals surface area contributed by atoms with E-state index in [-0.39, 0.29) is 24.1 Å². The van der Waals surface area contributed by atoms with Crippen LogP contribution in [0.3, 0.4) is 0 Å². The van der Waals surface area contributed by atoms with Crippen LogP contribution in [0.2, 0.25) is 0 Å². The van der Waals surface area contributed by atoms with Crippen LogP contribution >= 0.6 is 0 Å². The van der Waals surface area contributed by atoms with Crippen molar-refractivity contribution in [2.45, 2.75) is 18.9 Å². The van der Waals surface area contributed by atoms with Crippen molar-refractivity contribution in [1.29, 1.82) is 0 Å². The maximum atomic E-state index is 12.6. The molecule has 6 heteroatoms. The minimum atomic E-state index is -0.486. The molecule has 1 fully saturated rings. The van der Waals surface area contributed by atoms with Crippen molar-refractivity contribution in [2.75, 3.05) is 12.4 Å². The number of piperidine rings is 1. The molecule has 6 nitrogen and oxygen atoms in total. The lowest BCUT2D eigenvalue weighted by Gasteiger charge is -2.31. The minimum Gasteiger partial charge on any atom is -0.387 e. The molecule has 2 heterocycles. The van der Waals surface area contributed by atoms with Crippen LogP contribution in [-0.4, -0.2) is 35.7 Å². The number of nitrogens with zero attached hydrogens (tertiary/aromatic N) is 1.